The lowest BCUT2D eigenvalue weighted by Gasteiger charge is -2.21. The summed E-state index contributed by atoms with van der Waals surface area (Å²) < 4.78 is 0. The van der Waals surface area contributed by atoms with Crippen LogP contribution in [0.25, 0.3) is 0 Å². The molecule has 106 valence electrons. The number of nitrogens with one attached hydrogen (secondary N) is 1. The van der Waals surface area contributed by atoms with E-state index in [0.717, 1.165) is 25.7 Å². The molecule has 19 heavy (non-hydrogen) atoms. The Balaban J connectivity index is 1.74. The zero-order chi connectivity index (χ0) is 13.2. The highest BCUT2D eigenvalue weighted by Crippen LogP contribution is 2.38. The molecule has 0 saturated heterocycles. The molecule has 1 fully saturated rings. The van der Waals surface area contributed by atoms with Crippen LogP contribution in [-0.2, 0) is 6.42 Å². The van der Waals surface area contributed by atoms with Crippen LogP contribution < -0.4 is 10.2 Å². The fraction of sp³-hybridized carbons (Fsp3) is 0.800. The van der Waals surface area contributed by atoms with Gasteiger partial charge in [0, 0.05) is 36.5 Å². The van der Waals surface area contributed by atoms with E-state index in [9.17, 15) is 0 Å². The molecule has 1 saturated carbocycles. The summed E-state index contributed by atoms with van der Waals surface area (Å²) >= 11 is 1.93. The summed E-state index contributed by atoms with van der Waals surface area (Å²) in [6, 6.07) is 0.811. The van der Waals surface area contributed by atoms with Crippen molar-refractivity contribution in [1.29, 1.82) is 0 Å². The van der Waals surface area contributed by atoms with Crippen LogP contribution in [0.4, 0.5) is 5.13 Å². The van der Waals surface area contributed by atoms with Crippen LogP contribution in [0.1, 0.15) is 56.0 Å². The summed E-state index contributed by atoms with van der Waals surface area (Å²) in [6.07, 6.45) is 6.65. The molecule has 1 atom stereocenters. The first-order valence-corrected chi connectivity index (χ1v) is 8.61. The molecule has 3 nitrogen and oxygen atoms in total. The Morgan fingerprint density at radius 1 is 1.26 bits per heavy atom. The molecule has 1 heterocycles. The minimum Gasteiger partial charge on any atom is -0.349 e. The van der Waals surface area contributed by atoms with Gasteiger partial charge in [-0.3, -0.25) is 0 Å². The van der Waals surface area contributed by atoms with Crippen molar-refractivity contribution in [2.75, 3.05) is 24.5 Å². The van der Waals surface area contributed by atoms with Crippen molar-refractivity contribution in [2.24, 2.45) is 0 Å². The largest absolute Gasteiger partial charge is 0.349 e. The molecule has 3 rings (SSSR count). The Kier molecular flexibility index (Phi) is 4.08. The summed E-state index contributed by atoms with van der Waals surface area (Å²) in [5, 5.41) is 4.93. The van der Waals surface area contributed by atoms with E-state index in [-0.39, 0.29) is 0 Å². The second-order valence-corrected chi connectivity index (χ2v) is 6.81. The van der Waals surface area contributed by atoms with Crippen LogP contribution in [0.3, 0.4) is 0 Å². The molecule has 1 aromatic rings. The van der Waals surface area contributed by atoms with Gasteiger partial charge in [0.2, 0.25) is 0 Å². The number of aromatic nitrogens is 1. The van der Waals surface area contributed by atoms with Crippen LogP contribution in [0.2, 0.25) is 0 Å². The molecule has 1 aromatic heterocycles. The van der Waals surface area contributed by atoms with E-state index in [0.29, 0.717) is 5.92 Å². The molecule has 0 radical (unpaired) electrons. The van der Waals surface area contributed by atoms with Gasteiger partial charge in [-0.2, -0.15) is 0 Å². The third kappa shape index (κ3) is 2.95. The van der Waals surface area contributed by atoms with Crippen LogP contribution >= 0.6 is 11.3 Å². The summed E-state index contributed by atoms with van der Waals surface area (Å²) in [5.74, 6) is 0.657. The highest BCUT2D eigenvalue weighted by Gasteiger charge is 2.28. The second-order valence-electron chi connectivity index (χ2n) is 5.75. The van der Waals surface area contributed by atoms with E-state index in [1.165, 1.54) is 42.9 Å². The Hall–Kier alpha value is -0.610. The summed E-state index contributed by atoms with van der Waals surface area (Å²) in [5.41, 5.74) is 1.41. The smallest absolute Gasteiger partial charge is 0.185 e. The summed E-state index contributed by atoms with van der Waals surface area (Å²) in [6.45, 7) is 7.70. The number of thiazole rings is 1. The van der Waals surface area contributed by atoms with Gasteiger partial charge in [-0.25, -0.2) is 4.98 Å². The van der Waals surface area contributed by atoms with E-state index < -0.39 is 0 Å². The summed E-state index contributed by atoms with van der Waals surface area (Å²) in [7, 11) is 0. The minimum atomic E-state index is 0.657. The van der Waals surface area contributed by atoms with E-state index in [2.05, 4.69) is 24.1 Å². The van der Waals surface area contributed by atoms with Gasteiger partial charge < -0.3 is 10.2 Å². The SMILES string of the molecule is CCN(CC)c1nc2c(s1)CCCC2CNC1CC1. The van der Waals surface area contributed by atoms with Gasteiger partial charge in [0.15, 0.2) is 5.13 Å². The van der Waals surface area contributed by atoms with Crippen molar-refractivity contribution in [3.63, 3.8) is 0 Å². The van der Waals surface area contributed by atoms with Gasteiger partial charge in [0.05, 0.1) is 5.69 Å². The first kappa shape index (κ1) is 13.4. The average molecular weight is 279 g/mol. The van der Waals surface area contributed by atoms with Gasteiger partial charge in [-0.15, -0.1) is 11.3 Å². The zero-order valence-corrected chi connectivity index (χ0v) is 12.9. The maximum absolute atomic E-state index is 4.98. The lowest BCUT2D eigenvalue weighted by Crippen LogP contribution is -2.26. The molecule has 2 aliphatic carbocycles. The Labute approximate surface area is 120 Å². The topological polar surface area (TPSA) is 28.2 Å². The maximum Gasteiger partial charge on any atom is 0.185 e. The monoisotopic (exact) mass is 279 g/mol. The van der Waals surface area contributed by atoms with E-state index in [4.69, 9.17) is 4.98 Å². The average Bonchev–Trinajstić information content (AvgIpc) is 3.15. The van der Waals surface area contributed by atoms with Crippen molar-refractivity contribution in [1.82, 2.24) is 10.3 Å². The van der Waals surface area contributed by atoms with Crippen LogP contribution in [0.5, 0.6) is 0 Å². The van der Waals surface area contributed by atoms with Crippen molar-refractivity contribution >= 4 is 16.5 Å². The van der Waals surface area contributed by atoms with Crippen molar-refractivity contribution < 1.29 is 0 Å². The maximum atomic E-state index is 4.98. The van der Waals surface area contributed by atoms with Crippen molar-refractivity contribution in [2.45, 2.75) is 57.9 Å². The minimum absolute atomic E-state index is 0.657. The van der Waals surface area contributed by atoms with Gasteiger partial charge in [-0.05, 0) is 46.0 Å². The third-order valence-electron chi connectivity index (χ3n) is 4.32. The molecular weight excluding hydrogens is 254 g/mol. The molecule has 4 heteroatoms. The van der Waals surface area contributed by atoms with Gasteiger partial charge in [0.1, 0.15) is 0 Å². The lowest BCUT2D eigenvalue weighted by atomic mass is 9.91. The molecule has 1 N–H and O–H groups in total. The zero-order valence-electron chi connectivity index (χ0n) is 12.1. The van der Waals surface area contributed by atoms with E-state index in [1.54, 1.807) is 4.88 Å². The van der Waals surface area contributed by atoms with Crippen molar-refractivity contribution in [3.8, 4) is 0 Å². The van der Waals surface area contributed by atoms with Gasteiger partial charge in [-0.1, -0.05) is 0 Å². The van der Waals surface area contributed by atoms with E-state index >= 15 is 0 Å². The van der Waals surface area contributed by atoms with Crippen LogP contribution in [-0.4, -0.2) is 30.7 Å². The number of hydrogen-bond donors (Lipinski definition) is 1. The number of rotatable bonds is 6. The standard InChI is InChI=1S/C15H25N3S/c1-3-18(4-2)15-17-14-11(10-16-12-8-9-12)6-5-7-13(14)19-15/h11-12,16H,3-10H2,1-2H3. The number of nitrogens with zero attached hydrogens (tertiary/aromatic N) is 2. The predicted octanol–water partition coefficient (Wildman–Crippen LogP) is 3.16. The van der Waals surface area contributed by atoms with Crippen LogP contribution in [0, 0.1) is 0 Å². The normalized spacial score (nSPS) is 22.3. The van der Waals surface area contributed by atoms with Crippen LogP contribution in [0.15, 0.2) is 0 Å². The number of hydrogen-bond acceptors (Lipinski definition) is 4. The van der Waals surface area contributed by atoms with Gasteiger partial charge >= 0.3 is 0 Å². The molecule has 0 amide bonds. The lowest BCUT2D eigenvalue weighted by molar-refractivity contribution is 0.500. The second kappa shape index (κ2) is 5.80. The fourth-order valence-electron chi connectivity index (χ4n) is 2.92. The predicted molar refractivity (Wildman–Crippen MR) is 82.4 cm³/mol. The highest BCUT2D eigenvalue weighted by atomic mass is 32.1. The number of fused-ring (bicyclic) bond motifs is 1. The van der Waals surface area contributed by atoms with Gasteiger partial charge in [0.25, 0.3) is 0 Å². The first-order chi connectivity index (χ1) is 9.31. The molecule has 0 aliphatic heterocycles. The quantitative estimate of drug-likeness (QED) is 0.867. The fourth-order valence-corrected chi connectivity index (χ4v) is 4.23. The van der Waals surface area contributed by atoms with E-state index in [1.807, 2.05) is 11.3 Å². The highest BCUT2D eigenvalue weighted by molar-refractivity contribution is 7.15. The Morgan fingerprint density at radius 2 is 2.05 bits per heavy atom. The summed E-state index contributed by atoms with van der Waals surface area (Å²) in [4.78, 5) is 8.91. The molecule has 0 bridgehead atoms. The molecule has 1 unspecified atom stereocenters. The number of aryl methyl sites for hydroxylation is 1. The molecular formula is C15H25N3S. The first-order valence-electron chi connectivity index (χ1n) is 7.79. The molecule has 0 spiro atoms. The number of anilines is 1. The Bertz CT molecular complexity index is 421. The third-order valence-corrected chi connectivity index (χ3v) is 5.52. The van der Waals surface area contributed by atoms with Crippen molar-refractivity contribution in [3.05, 3.63) is 10.6 Å². The Morgan fingerprint density at radius 3 is 2.74 bits per heavy atom. The molecule has 0 aromatic carbocycles. The molecule has 2 aliphatic rings.